The van der Waals surface area contributed by atoms with E-state index >= 15 is 0 Å². The number of carbonyl (C=O) groups is 3. The number of carboxylic acids is 3. The van der Waals surface area contributed by atoms with Crippen molar-refractivity contribution in [3.63, 3.8) is 0 Å². The molecule has 16 heavy (non-hydrogen) atoms. The number of hydrogen-bond acceptors (Lipinski definition) is 7. The van der Waals surface area contributed by atoms with Gasteiger partial charge in [0.15, 0.2) is 0 Å². The molecule has 0 aliphatic carbocycles. The molecule has 0 heterocycles. The van der Waals surface area contributed by atoms with Gasteiger partial charge in [-0.25, -0.2) is 0 Å². The van der Waals surface area contributed by atoms with Gasteiger partial charge >= 0.3 is 0 Å². The van der Waals surface area contributed by atoms with Crippen LogP contribution in [-0.4, -0.2) is 28.6 Å². The number of carboxylic acid groups (broad SMARTS) is 3. The summed E-state index contributed by atoms with van der Waals surface area (Å²) in [6.45, 7) is 0. The van der Waals surface area contributed by atoms with Crippen LogP contribution in [0.5, 0.6) is 0 Å². The fraction of sp³-hybridized carbons (Fsp3) is 0.667. The second kappa shape index (κ2) is 6.06. The van der Waals surface area contributed by atoms with E-state index in [1.54, 1.807) is 0 Å². The smallest absolute Gasteiger partial charge is 0.109 e. The van der Waals surface area contributed by atoms with Crippen LogP contribution in [0.25, 0.3) is 0 Å². The van der Waals surface area contributed by atoms with Gasteiger partial charge in [0, 0.05) is 18.4 Å². The molecule has 0 aliphatic rings. The van der Waals surface area contributed by atoms with Gasteiger partial charge in [-0.15, -0.1) is 0 Å². The van der Waals surface area contributed by atoms with E-state index in [-0.39, 0.29) is 19.3 Å². The Bertz CT molecular complexity index is 286. The molecule has 7 nitrogen and oxygen atoms in total. The summed E-state index contributed by atoms with van der Waals surface area (Å²) >= 11 is 0. The molecule has 0 amide bonds. The summed E-state index contributed by atoms with van der Waals surface area (Å²) in [6, 6.07) is 0. The summed E-state index contributed by atoms with van der Waals surface area (Å²) in [5.74, 6) is -4.92. The first kappa shape index (κ1) is 14.4. The van der Waals surface area contributed by atoms with Gasteiger partial charge in [-0.2, -0.15) is 0 Å². The molecule has 1 atom stereocenters. The zero-order valence-corrected chi connectivity index (χ0v) is 8.43. The van der Waals surface area contributed by atoms with E-state index in [0.29, 0.717) is 0 Å². The molecule has 0 aromatic carbocycles. The number of carbonyl (C=O) groups excluding carboxylic acids is 3. The lowest BCUT2D eigenvalue weighted by Crippen LogP contribution is -2.51. The van der Waals surface area contributed by atoms with Crippen LogP contribution < -0.4 is 15.3 Å². The van der Waals surface area contributed by atoms with E-state index in [1.807, 2.05) is 0 Å². The molecule has 0 aromatic rings. The molecule has 0 spiro atoms. The molecule has 7 heteroatoms. The van der Waals surface area contributed by atoms with Gasteiger partial charge in [0.05, 0.1) is 5.97 Å². The third-order valence-electron chi connectivity index (χ3n) is 2.04. The zero-order valence-electron chi connectivity index (χ0n) is 8.43. The summed E-state index contributed by atoms with van der Waals surface area (Å²) in [5, 5.41) is 40.1. The van der Waals surface area contributed by atoms with Crippen molar-refractivity contribution < 1.29 is 34.8 Å². The largest absolute Gasteiger partial charge is 0.550 e. The molecule has 0 aromatic heterocycles. The normalized spacial score (nSPS) is 14.1. The molecule has 0 fully saturated rings. The first-order valence-corrected chi connectivity index (χ1v) is 4.61. The van der Waals surface area contributed by atoms with Crippen LogP contribution in [0.15, 0.2) is 0 Å². The van der Waals surface area contributed by atoms with Gasteiger partial charge in [0.2, 0.25) is 0 Å². The number of rotatable bonds is 8. The molecule has 0 rings (SSSR count). The van der Waals surface area contributed by atoms with Crippen LogP contribution in [0.2, 0.25) is 0 Å². The third kappa shape index (κ3) is 5.30. The van der Waals surface area contributed by atoms with Gasteiger partial charge in [-0.05, 0) is 25.7 Å². The average molecular weight is 231 g/mol. The molecule has 1 N–H and O–H groups in total. The highest BCUT2D eigenvalue weighted by molar-refractivity contribution is 5.81. The van der Waals surface area contributed by atoms with Gasteiger partial charge in [0.25, 0.3) is 0 Å². The predicted octanol–water partition coefficient (Wildman–Crippen LogP) is -4.08. The van der Waals surface area contributed by atoms with Gasteiger partial charge in [-0.1, -0.05) is 0 Å². The maximum Gasteiger partial charge on any atom is 0.109 e. The van der Waals surface area contributed by atoms with Crippen LogP contribution >= 0.6 is 0 Å². The summed E-state index contributed by atoms with van der Waals surface area (Å²) in [7, 11) is 0. The van der Waals surface area contributed by atoms with Crippen molar-refractivity contribution >= 4 is 17.9 Å². The van der Waals surface area contributed by atoms with Crippen LogP contribution in [-0.2, 0) is 14.4 Å². The van der Waals surface area contributed by atoms with E-state index < -0.39 is 36.4 Å². The maximum absolute atomic E-state index is 10.5. The van der Waals surface area contributed by atoms with Crippen LogP contribution in [0, 0.1) is 0 Å². The Morgan fingerprint density at radius 1 is 1.00 bits per heavy atom. The first-order chi connectivity index (χ1) is 7.28. The predicted molar refractivity (Wildman–Crippen MR) is 43.1 cm³/mol. The van der Waals surface area contributed by atoms with E-state index in [1.165, 1.54) is 0 Å². The van der Waals surface area contributed by atoms with Crippen molar-refractivity contribution in [2.45, 2.75) is 37.7 Å². The second-order valence-electron chi connectivity index (χ2n) is 3.45. The summed E-state index contributed by atoms with van der Waals surface area (Å²) < 4.78 is 0. The lowest BCUT2D eigenvalue weighted by atomic mass is 9.93. The minimum Gasteiger partial charge on any atom is -0.550 e. The summed E-state index contributed by atoms with van der Waals surface area (Å²) in [5.41, 5.74) is -2.51. The molecule has 92 valence electrons. The topological polar surface area (TPSA) is 141 Å². The van der Waals surface area contributed by atoms with Crippen LogP contribution in [0.1, 0.15) is 32.1 Å². The Morgan fingerprint density at radius 3 is 1.94 bits per heavy atom. The maximum atomic E-state index is 10.5. The number of unbranched alkanes of at least 4 members (excludes halogenated alkanes) is 1. The van der Waals surface area contributed by atoms with Crippen molar-refractivity contribution in [3.8, 4) is 0 Å². The molecule has 0 aliphatic heterocycles. The standard InChI is InChI=1S/C9H14O7/c10-6(11)3-1-2-4-9(16,8(14)15)5-7(12)13/h16H,1-5H2,(H,10,11)(H,12,13)(H,14,15)/p-3/t9-/m1/s1. The third-order valence-corrected chi connectivity index (χ3v) is 2.04. The average Bonchev–Trinajstić information content (AvgIpc) is 2.10. The zero-order chi connectivity index (χ0) is 12.8. The molecular formula is C9H11O7-3. The highest BCUT2D eigenvalue weighted by Crippen LogP contribution is 2.18. The van der Waals surface area contributed by atoms with Crippen LogP contribution in [0.4, 0.5) is 0 Å². The van der Waals surface area contributed by atoms with Gasteiger partial charge in [-0.3, -0.25) is 0 Å². The van der Waals surface area contributed by atoms with Crippen molar-refractivity contribution in [2.75, 3.05) is 0 Å². The molecular weight excluding hydrogens is 220 g/mol. The van der Waals surface area contributed by atoms with Crippen molar-refractivity contribution in [1.29, 1.82) is 0 Å². The van der Waals surface area contributed by atoms with E-state index in [2.05, 4.69) is 0 Å². The number of aliphatic hydroxyl groups is 1. The monoisotopic (exact) mass is 231 g/mol. The minimum absolute atomic E-state index is 0.0335. The molecule has 0 saturated carbocycles. The van der Waals surface area contributed by atoms with E-state index in [9.17, 15) is 34.8 Å². The highest BCUT2D eigenvalue weighted by atomic mass is 16.4. The van der Waals surface area contributed by atoms with Crippen molar-refractivity contribution in [2.24, 2.45) is 0 Å². The Hall–Kier alpha value is -1.63. The number of hydrogen-bond donors (Lipinski definition) is 1. The first-order valence-electron chi connectivity index (χ1n) is 4.61. The highest BCUT2D eigenvalue weighted by Gasteiger charge is 2.28. The van der Waals surface area contributed by atoms with E-state index in [0.717, 1.165) is 0 Å². The fourth-order valence-corrected chi connectivity index (χ4v) is 1.19. The SMILES string of the molecule is O=C([O-])CCCC[C@@](O)(CC(=O)[O-])C(=O)[O-]. The summed E-state index contributed by atoms with van der Waals surface area (Å²) in [4.78, 5) is 30.7. The lowest BCUT2D eigenvalue weighted by molar-refractivity contribution is -0.334. The van der Waals surface area contributed by atoms with Gasteiger partial charge in [0.1, 0.15) is 5.60 Å². The Balaban J connectivity index is 4.18. The lowest BCUT2D eigenvalue weighted by Gasteiger charge is -2.29. The van der Waals surface area contributed by atoms with Gasteiger partial charge < -0.3 is 34.8 Å². The molecule has 0 radical (unpaired) electrons. The quantitative estimate of drug-likeness (QED) is 0.418. The second-order valence-corrected chi connectivity index (χ2v) is 3.45. The Morgan fingerprint density at radius 2 is 1.56 bits per heavy atom. The number of aliphatic carboxylic acids is 3. The van der Waals surface area contributed by atoms with Crippen molar-refractivity contribution in [1.82, 2.24) is 0 Å². The Labute approximate surface area is 91.3 Å². The van der Waals surface area contributed by atoms with Crippen molar-refractivity contribution in [3.05, 3.63) is 0 Å². The minimum atomic E-state index is -2.51. The molecule has 0 unspecified atom stereocenters. The summed E-state index contributed by atoms with van der Waals surface area (Å²) in [6.07, 6.45) is -1.65. The van der Waals surface area contributed by atoms with E-state index in [4.69, 9.17) is 0 Å². The van der Waals surface area contributed by atoms with Crippen LogP contribution in [0.3, 0.4) is 0 Å². The molecule has 0 bridgehead atoms. The fourth-order valence-electron chi connectivity index (χ4n) is 1.19. The Kier molecular flexibility index (Phi) is 5.44. The molecule has 0 saturated heterocycles.